The molecule has 2 aromatic carbocycles. The van der Waals surface area contributed by atoms with Gasteiger partial charge in [-0.1, -0.05) is 19.1 Å². The molecule has 1 fully saturated rings. The number of methoxy groups -OCH3 is 1. The van der Waals surface area contributed by atoms with Crippen molar-refractivity contribution in [1.82, 2.24) is 14.9 Å². The van der Waals surface area contributed by atoms with Gasteiger partial charge in [0.15, 0.2) is 0 Å². The topological polar surface area (TPSA) is 96.5 Å². The number of hydrogen-bond acceptors (Lipinski definition) is 6. The third-order valence-corrected chi connectivity index (χ3v) is 7.35. The average Bonchev–Trinajstić information content (AvgIpc) is 3.57. The first-order chi connectivity index (χ1) is 20.0. The molecule has 2 aromatic heterocycles. The zero-order valence-electron chi connectivity index (χ0n) is 23.5. The third-order valence-electron chi connectivity index (χ3n) is 7.35. The number of carbonyl (C=O) groups is 2. The average molecular weight is 581 g/mol. The van der Waals surface area contributed by atoms with E-state index >= 15 is 0 Å². The van der Waals surface area contributed by atoms with Crippen LogP contribution in [-0.4, -0.2) is 46.9 Å². The summed E-state index contributed by atoms with van der Waals surface area (Å²) in [4.78, 5) is 34.0. The Bertz CT molecular complexity index is 1630. The summed E-state index contributed by atoms with van der Waals surface area (Å²) >= 11 is 0. The number of anilines is 1. The summed E-state index contributed by atoms with van der Waals surface area (Å²) < 4.78 is 52.5. The van der Waals surface area contributed by atoms with E-state index in [9.17, 15) is 22.8 Å². The Morgan fingerprint density at radius 1 is 1.14 bits per heavy atom. The molecule has 0 aliphatic carbocycles. The van der Waals surface area contributed by atoms with E-state index in [2.05, 4.69) is 22.2 Å². The molecule has 0 bridgehead atoms. The van der Waals surface area contributed by atoms with E-state index in [0.29, 0.717) is 28.4 Å². The van der Waals surface area contributed by atoms with Crippen molar-refractivity contribution in [2.45, 2.75) is 39.6 Å². The van der Waals surface area contributed by atoms with E-state index in [1.54, 1.807) is 30.5 Å². The van der Waals surface area contributed by atoms with Crippen molar-refractivity contribution in [3.63, 3.8) is 0 Å². The molecular formula is C31H31F3N4O4. The maximum atomic E-state index is 13.9. The number of H-pyrrole nitrogens is 1. The minimum absolute atomic E-state index is 0.0823. The third kappa shape index (κ3) is 6.57. The van der Waals surface area contributed by atoms with E-state index in [-0.39, 0.29) is 30.0 Å². The van der Waals surface area contributed by atoms with Crippen LogP contribution in [0.5, 0.6) is 5.75 Å². The van der Waals surface area contributed by atoms with Gasteiger partial charge in [-0.2, -0.15) is 13.2 Å². The second-order valence-corrected chi connectivity index (χ2v) is 10.7. The Balaban J connectivity index is 1.28. The van der Waals surface area contributed by atoms with Gasteiger partial charge in [-0.05, 0) is 67.3 Å². The molecule has 4 aromatic rings. The molecule has 11 heteroatoms. The van der Waals surface area contributed by atoms with Crippen LogP contribution in [0.15, 0.2) is 54.7 Å². The summed E-state index contributed by atoms with van der Waals surface area (Å²) in [6.45, 7) is 5.79. The molecular weight excluding hydrogens is 549 g/mol. The molecule has 1 aliphatic rings. The quantitative estimate of drug-likeness (QED) is 0.236. The molecule has 0 radical (unpaired) electrons. The van der Waals surface area contributed by atoms with Crippen LogP contribution in [0, 0.1) is 12.8 Å². The number of fused-ring (bicyclic) bond motifs is 1. The van der Waals surface area contributed by atoms with Crippen LogP contribution < -0.4 is 10.1 Å². The SMILES string of the molecule is COC(=O)c1cc2cc(COc3cc(NC(=O)c4ccc(CN5CCC(C)C5)c(C(F)(F)F)c4)ccc3C)cnc2[nH]1. The number of amides is 1. The summed E-state index contributed by atoms with van der Waals surface area (Å²) in [7, 11) is 1.30. The standard InChI is InChI=1S/C31H31F3N4O4/c1-18-8-9-38(15-18)16-22-6-5-21(11-25(22)31(32,33)34)29(39)36-24-7-4-19(2)27(13-24)42-17-20-10-23-12-26(30(40)41-3)37-28(23)35-14-20/h4-7,10-14,18H,8-9,15-17H2,1-3H3,(H,35,37)(H,36,39). The lowest BCUT2D eigenvalue weighted by atomic mass is 10.0. The van der Waals surface area contributed by atoms with Crippen molar-refractivity contribution in [3.8, 4) is 5.75 Å². The predicted octanol–water partition coefficient (Wildman–Crippen LogP) is 6.35. The molecule has 1 aliphatic heterocycles. The highest BCUT2D eigenvalue weighted by Gasteiger charge is 2.35. The first-order valence-corrected chi connectivity index (χ1v) is 13.5. The predicted molar refractivity (Wildman–Crippen MR) is 151 cm³/mol. The van der Waals surface area contributed by atoms with Gasteiger partial charge in [0.2, 0.25) is 0 Å². The molecule has 8 nitrogen and oxygen atoms in total. The lowest BCUT2D eigenvalue weighted by molar-refractivity contribution is -0.138. The van der Waals surface area contributed by atoms with E-state index in [1.165, 1.54) is 19.2 Å². The fourth-order valence-corrected chi connectivity index (χ4v) is 5.09. The minimum Gasteiger partial charge on any atom is -0.488 e. The van der Waals surface area contributed by atoms with Gasteiger partial charge >= 0.3 is 12.1 Å². The minimum atomic E-state index is -4.58. The Morgan fingerprint density at radius 3 is 2.67 bits per heavy atom. The number of hydrogen-bond donors (Lipinski definition) is 2. The van der Waals surface area contributed by atoms with E-state index in [1.807, 2.05) is 17.9 Å². The Morgan fingerprint density at radius 2 is 1.95 bits per heavy atom. The van der Waals surface area contributed by atoms with Gasteiger partial charge in [0, 0.05) is 47.6 Å². The number of ether oxygens (including phenoxy) is 2. The Labute approximate surface area is 240 Å². The number of halogens is 3. The number of pyridine rings is 1. The Kier molecular flexibility index (Phi) is 8.22. The first kappa shape index (κ1) is 29.1. The van der Waals surface area contributed by atoms with Crippen molar-refractivity contribution in [2.24, 2.45) is 5.92 Å². The monoisotopic (exact) mass is 580 g/mol. The molecule has 1 unspecified atom stereocenters. The summed E-state index contributed by atoms with van der Waals surface area (Å²) in [6, 6.07) is 12.3. The number of nitrogens with one attached hydrogen (secondary N) is 2. The molecule has 220 valence electrons. The lowest BCUT2D eigenvalue weighted by Crippen LogP contribution is -2.23. The molecule has 5 rings (SSSR count). The van der Waals surface area contributed by atoms with Gasteiger partial charge in [-0.25, -0.2) is 9.78 Å². The smallest absolute Gasteiger partial charge is 0.416 e. The van der Waals surface area contributed by atoms with Crippen molar-refractivity contribution in [2.75, 3.05) is 25.5 Å². The number of likely N-dealkylation sites (tertiary alicyclic amines) is 1. The molecule has 3 heterocycles. The molecule has 0 spiro atoms. The molecule has 42 heavy (non-hydrogen) atoms. The van der Waals surface area contributed by atoms with Crippen LogP contribution in [0.1, 0.15) is 56.4 Å². The van der Waals surface area contributed by atoms with Crippen molar-refractivity contribution in [3.05, 3.63) is 88.2 Å². The number of aromatic nitrogens is 2. The zero-order chi connectivity index (χ0) is 30.0. The van der Waals surface area contributed by atoms with Crippen molar-refractivity contribution >= 4 is 28.6 Å². The van der Waals surface area contributed by atoms with Gasteiger partial charge in [0.1, 0.15) is 23.7 Å². The van der Waals surface area contributed by atoms with Crippen LogP contribution in [0.4, 0.5) is 18.9 Å². The van der Waals surface area contributed by atoms with E-state index in [0.717, 1.165) is 36.7 Å². The van der Waals surface area contributed by atoms with Crippen LogP contribution >= 0.6 is 0 Å². The number of aromatic amines is 1. The largest absolute Gasteiger partial charge is 0.488 e. The van der Waals surface area contributed by atoms with Gasteiger partial charge in [0.05, 0.1) is 12.7 Å². The molecule has 0 saturated carbocycles. The molecule has 1 saturated heterocycles. The highest BCUT2D eigenvalue weighted by molar-refractivity contribution is 6.04. The molecule has 1 atom stereocenters. The number of carbonyl (C=O) groups excluding carboxylic acids is 2. The van der Waals surface area contributed by atoms with Gasteiger partial charge in [-0.15, -0.1) is 0 Å². The van der Waals surface area contributed by atoms with Crippen LogP contribution in [0.3, 0.4) is 0 Å². The normalized spacial score (nSPS) is 15.6. The second-order valence-electron chi connectivity index (χ2n) is 10.7. The fraction of sp³-hybridized carbons (Fsp3) is 0.323. The highest BCUT2D eigenvalue weighted by atomic mass is 19.4. The van der Waals surface area contributed by atoms with Gasteiger partial charge in [-0.3, -0.25) is 9.69 Å². The maximum Gasteiger partial charge on any atom is 0.416 e. The van der Waals surface area contributed by atoms with Gasteiger partial charge in [0.25, 0.3) is 5.91 Å². The molecule has 2 N–H and O–H groups in total. The van der Waals surface area contributed by atoms with Gasteiger partial charge < -0.3 is 19.8 Å². The number of alkyl halides is 3. The zero-order valence-corrected chi connectivity index (χ0v) is 23.5. The van der Waals surface area contributed by atoms with Crippen molar-refractivity contribution < 1.29 is 32.2 Å². The number of esters is 1. The number of aryl methyl sites for hydroxylation is 1. The first-order valence-electron chi connectivity index (χ1n) is 13.5. The lowest BCUT2D eigenvalue weighted by Gasteiger charge is -2.20. The van der Waals surface area contributed by atoms with Crippen LogP contribution in [0.25, 0.3) is 11.0 Å². The summed E-state index contributed by atoms with van der Waals surface area (Å²) in [5.74, 6) is -0.209. The van der Waals surface area contributed by atoms with Crippen LogP contribution in [0.2, 0.25) is 0 Å². The Hall–Kier alpha value is -4.38. The number of nitrogens with zero attached hydrogens (tertiary/aromatic N) is 2. The maximum absolute atomic E-state index is 13.9. The number of benzene rings is 2. The summed E-state index contributed by atoms with van der Waals surface area (Å²) in [5.41, 5.74) is 2.03. The summed E-state index contributed by atoms with van der Waals surface area (Å²) in [6.07, 6.45) is -2.00. The van der Waals surface area contributed by atoms with E-state index < -0.39 is 23.6 Å². The highest BCUT2D eigenvalue weighted by Crippen LogP contribution is 2.34. The van der Waals surface area contributed by atoms with Crippen LogP contribution in [-0.2, 0) is 24.1 Å². The fourth-order valence-electron chi connectivity index (χ4n) is 5.09. The number of rotatable bonds is 8. The van der Waals surface area contributed by atoms with E-state index in [4.69, 9.17) is 9.47 Å². The molecule has 1 amide bonds. The summed E-state index contributed by atoms with van der Waals surface area (Å²) in [5, 5.41) is 3.40. The second kappa shape index (κ2) is 11.8. The van der Waals surface area contributed by atoms with Crippen molar-refractivity contribution in [1.29, 1.82) is 0 Å².